The average molecular weight is 360 g/mol. The van der Waals surface area contributed by atoms with E-state index in [-0.39, 0.29) is 12.2 Å². The molecule has 10 heteroatoms. The third-order valence-corrected chi connectivity index (χ3v) is 4.66. The fourth-order valence-corrected chi connectivity index (χ4v) is 3.32. The van der Waals surface area contributed by atoms with E-state index in [1.165, 1.54) is 24.3 Å². The van der Waals surface area contributed by atoms with Gasteiger partial charge in [-0.05, 0) is 17.7 Å². The minimum atomic E-state index is -2.75. The maximum atomic E-state index is 12.3. The third kappa shape index (κ3) is 2.28. The summed E-state index contributed by atoms with van der Waals surface area (Å²) in [4.78, 5) is 22.6. The fourth-order valence-electron chi connectivity index (χ4n) is 3.19. The lowest BCUT2D eigenvalue weighted by molar-refractivity contribution is -0.489. The highest BCUT2D eigenvalue weighted by Gasteiger charge is 2.76. The summed E-state index contributed by atoms with van der Waals surface area (Å²) in [6, 6.07) is 5.65. The number of esters is 1. The summed E-state index contributed by atoms with van der Waals surface area (Å²) in [6.45, 7) is -1.26. The first-order chi connectivity index (χ1) is 11.2. The Bertz CT molecular complexity index is 682. The predicted octanol–water partition coefficient (Wildman–Crippen LogP) is -0.563. The third-order valence-electron chi connectivity index (χ3n) is 4.41. The molecule has 0 radical (unpaired) electrons. The number of nitro groups is 1. The van der Waals surface area contributed by atoms with Gasteiger partial charge in [0.05, 0.1) is 12.5 Å². The SMILES string of the molecule is O=C1O[C@@H]2[C@@H](O)CO[C@]2(O)[C@@]1(O)C(C[N+](=O)[O-])c1ccc(Cl)cc1. The Hall–Kier alpha value is -1.78. The van der Waals surface area contributed by atoms with E-state index in [1.807, 2.05) is 0 Å². The molecule has 2 aliphatic heterocycles. The first-order valence-corrected chi connectivity index (χ1v) is 7.43. The molecule has 0 aromatic heterocycles. The zero-order valence-corrected chi connectivity index (χ0v) is 12.9. The van der Waals surface area contributed by atoms with E-state index in [0.717, 1.165) is 0 Å². The number of carbonyl (C=O) groups is 1. The quantitative estimate of drug-likeness (QED) is 0.369. The molecule has 1 unspecified atom stereocenters. The Labute approximate surface area is 140 Å². The lowest BCUT2D eigenvalue weighted by atomic mass is 9.76. The molecular formula is C14H14ClNO8. The van der Waals surface area contributed by atoms with Crippen molar-refractivity contribution < 1.29 is 34.5 Å². The predicted molar refractivity (Wildman–Crippen MR) is 77.8 cm³/mol. The summed E-state index contributed by atoms with van der Waals surface area (Å²) >= 11 is 5.79. The van der Waals surface area contributed by atoms with Gasteiger partial charge in [0.15, 0.2) is 6.10 Å². The molecule has 5 atom stereocenters. The Balaban J connectivity index is 2.10. The second-order valence-corrected chi connectivity index (χ2v) is 6.22. The van der Waals surface area contributed by atoms with Gasteiger partial charge in [-0.25, -0.2) is 4.79 Å². The van der Waals surface area contributed by atoms with Crippen LogP contribution >= 0.6 is 11.6 Å². The summed E-state index contributed by atoms with van der Waals surface area (Å²) in [6.07, 6.45) is -2.88. The van der Waals surface area contributed by atoms with Crippen LogP contribution in [0.1, 0.15) is 11.5 Å². The van der Waals surface area contributed by atoms with Crippen molar-refractivity contribution in [3.63, 3.8) is 0 Å². The van der Waals surface area contributed by atoms with Crippen LogP contribution in [0.2, 0.25) is 5.02 Å². The molecule has 1 aromatic rings. The van der Waals surface area contributed by atoms with E-state index in [2.05, 4.69) is 0 Å². The number of nitrogens with zero attached hydrogens (tertiary/aromatic N) is 1. The van der Waals surface area contributed by atoms with Crippen LogP contribution in [0.3, 0.4) is 0 Å². The molecule has 0 saturated carbocycles. The van der Waals surface area contributed by atoms with Gasteiger partial charge in [-0.15, -0.1) is 0 Å². The van der Waals surface area contributed by atoms with Crippen molar-refractivity contribution in [2.24, 2.45) is 0 Å². The lowest BCUT2D eigenvalue weighted by Crippen LogP contribution is -2.62. The van der Waals surface area contributed by atoms with Crippen LogP contribution in [0.15, 0.2) is 24.3 Å². The smallest absolute Gasteiger partial charge is 0.345 e. The zero-order chi connectivity index (χ0) is 17.7. The van der Waals surface area contributed by atoms with Crippen LogP contribution in [0.5, 0.6) is 0 Å². The monoisotopic (exact) mass is 359 g/mol. The fraction of sp³-hybridized carbons (Fsp3) is 0.500. The number of ether oxygens (including phenoxy) is 2. The van der Waals surface area contributed by atoms with Gasteiger partial charge in [-0.3, -0.25) is 10.1 Å². The lowest BCUT2D eigenvalue weighted by Gasteiger charge is -2.36. The zero-order valence-electron chi connectivity index (χ0n) is 12.2. The number of halogens is 1. The maximum Gasteiger partial charge on any atom is 0.345 e. The van der Waals surface area contributed by atoms with Crippen LogP contribution in [0.25, 0.3) is 0 Å². The van der Waals surface area contributed by atoms with E-state index < -0.39 is 47.0 Å². The Morgan fingerprint density at radius 1 is 1.38 bits per heavy atom. The summed E-state index contributed by atoms with van der Waals surface area (Å²) < 4.78 is 9.89. The van der Waals surface area contributed by atoms with E-state index in [0.29, 0.717) is 5.02 Å². The minimum Gasteiger partial charge on any atom is -0.451 e. The summed E-state index contributed by atoms with van der Waals surface area (Å²) in [5.41, 5.74) is -2.56. The van der Waals surface area contributed by atoms with E-state index in [9.17, 15) is 30.2 Å². The number of aliphatic hydroxyl groups is 3. The molecule has 2 aliphatic rings. The number of rotatable bonds is 4. The summed E-state index contributed by atoms with van der Waals surface area (Å²) in [5.74, 6) is -5.36. The molecule has 3 rings (SSSR count). The molecule has 0 bridgehead atoms. The molecule has 3 N–H and O–H groups in total. The van der Waals surface area contributed by atoms with Gasteiger partial charge in [0.1, 0.15) is 6.10 Å². The maximum absolute atomic E-state index is 12.3. The number of benzene rings is 1. The van der Waals surface area contributed by atoms with Gasteiger partial charge in [-0.2, -0.15) is 0 Å². The van der Waals surface area contributed by atoms with Gasteiger partial charge in [0.2, 0.25) is 17.9 Å². The van der Waals surface area contributed by atoms with Gasteiger partial charge in [0.25, 0.3) is 0 Å². The normalized spacial score (nSPS) is 36.2. The molecule has 0 spiro atoms. The van der Waals surface area contributed by atoms with Crippen LogP contribution in [0, 0.1) is 10.1 Å². The van der Waals surface area contributed by atoms with E-state index in [4.69, 9.17) is 21.1 Å². The van der Waals surface area contributed by atoms with Crippen molar-refractivity contribution in [1.82, 2.24) is 0 Å². The Kier molecular flexibility index (Phi) is 4.01. The van der Waals surface area contributed by atoms with Gasteiger partial charge >= 0.3 is 5.97 Å². The number of carbonyl (C=O) groups excluding carboxylic acids is 1. The minimum absolute atomic E-state index is 0.189. The first kappa shape index (κ1) is 17.1. The Morgan fingerprint density at radius 3 is 2.58 bits per heavy atom. The van der Waals surface area contributed by atoms with Crippen molar-refractivity contribution in [2.45, 2.75) is 29.5 Å². The van der Waals surface area contributed by atoms with Crippen molar-refractivity contribution in [2.75, 3.05) is 13.2 Å². The second-order valence-electron chi connectivity index (χ2n) is 5.79. The van der Waals surface area contributed by atoms with Crippen molar-refractivity contribution >= 4 is 17.6 Å². The number of fused-ring (bicyclic) bond motifs is 1. The van der Waals surface area contributed by atoms with Crippen LogP contribution < -0.4 is 0 Å². The van der Waals surface area contributed by atoms with Crippen LogP contribution in [0.4, 0.5) is 0 Å². The second kappa shape index (κ2) is 5.64. The number of aliphatic hydroxyl groups excluding tert-OH is 1. The van der Waals surface area contributed by atoms with Crippen molar-refractivity contribution in [3.8, 4) is 0 Å². The molecule has 2 fully saturated rings. The first-order valence-electron chi connectivity index (χ1n) is 7.05. The van der Waals surface area contributed by atoms with Crippen LogP contribution in [-0.4, -0.2) is 63.0 Å². The highest BCUT2D eigenvalue weighted by Crippen LogP contribution is 2.49. The highest BCUT2D eigenvalue weighted by atomic mass is 35.5. The molecule has 2 saturated heterocycles. The van der Waals surface area contributed by atoms with E-state index >= 15 is 0 Å². The molecule has 0 aliphatic carbocycles. The Morgan fingerprint density at radius 2 is 2.00 bits per heavy atom. The topological polar surface area (TPSA) is 139 Å². The standard InChI is InChI=1S/C14H14ClNO8/c15-8-3-1-7(2-4-8)9(5-16(21)22)13(19)12(18)24-11-10(17)6-23-14(11,13)20/h1-4,9-11,17,19-20H,5-6H2/t9?,10-,11+,13+,14-/m0/s1. The molecular weight excluding hydrogens is 346 g/mol. The van der Waals surface area contributed by atoms with Crippen molar-refractivity contribution in [3.05, 3.63) is 45.0 Å². The van der Waals surface area contributed by atoms with Gasteiger partial charge in [-0.1, -0.05) is 23.7 Å². The van der Waals surface area contributed by atoms with Gasteiger partial charge < -0.3 is 24.8 Å². The highest BCUT2D eigenvalue weighted by molar-refractivity contribution is 6.30. The average Bonchev–Trinajstić information content (AvgIpc) is 2.92. The molecule has 0 amide bonds. The molecule has 1 aromatic carbocycles. The number of hydrogen-bond donors (Lipinski definition) is 3. The summed E-state index contributed by atoms with van der Waals surface area (Å²) in [7, 11) is 0. The van der Waals surface area contributed by atoms with Gasteiger partial charge in [0, 0.05) is 9.95 Å². The van der Waals surface area contributed by atoms with Crippen LogP contribution in [-0.2, 0) is 14.3 Å². The molecule has 130 valence electrons. The number of hydrogen-bond acceptors (Lipinski definition) is 8. The van der Waals surface area contributed by atoms with E-state index in [1.54, 1.807) is 0 Å². The molecule has 9 nitrogen and oxygen atoms in total. The molecule has 2 heterocycles. The van der Waals surface area contributed by atoms with Crippen molar-refractivity contribution in [1.29, 1.82) is 0 Å². The summed E-state index contributed by atoms with van der Waals surface area (Å²) in [5, 5.41) is 42.8. The largest absolute Gasteiger partial charge is 0.451 e. The molecule has 24 heavy (non-hydrogen) atoms.